The lowest BCUT2D eigenvalue weighted by Gasteiger charge is -2.43. The number of hydrogen-bond acceptors (Lipinski definition) is 4. The van der Waals surface area contributed by atoms with E-state index in [4.69, 9.17) is 4.74 Å². The molecule has 0 radical (unpaired) electrons. The lowest BCUT2D eigenvalue weighted by atomic mass is 9.97. The fourth-order valence-corrected chi connectivity index (χ4v) is 3.70. The molecule has 124 valence electrons. The molecule has 1 saturated heterocycles. The van der Waals surface area contributed by atoms with Crippen LogP contribution in [0.25, 0.3) is 0 Å². The number of amides is 1. The van der Waals surface area contributed by atoms with Gasteiger partial charge in [0.1, 0.15) is 5.75 Å². The van der Waals surface area contributed by atoms with Crippen LogP contribution in [0.3, 0.4) is 0 Å². The predicted molar refractivity (Wildman–Crippen MR) is 94.6 cm³/mol. The molecule has 2 atom stereocenters. The molecule has 24 heavy (non-hydrogen) atoms. The van der Waals surface area contributed by atoms with Crippen molar-refractivity contribution in [1.29, 1.82) is 0 Å². The van der Waals surface area contributed by atoms with E-state index in [1.807, 2.05) is 30.3 Å². The minimum Gasteiger partial charge on any atom is -0.497 e. The lowest BCUT2D eigenvalue weighted by Crippen LogP contribution is -2.53. The van der Waals surface area contributed by atoms with Crippen molar-refractivity contribution in [2.45, 2.75) is 18.5 Å². The third-order valence-corrected chi connectivity index (χ3v) is 4.82. The molecule has 2 aliphatic rings. The van der Waals surface area contributed by atoms with E-state index in [-0.39, 0.29) is 18.0 Å². The summed E-state index contributed by atoms with van der Waals surface area (Å²) in [5, 5.41) is 6.53. The van der Waals surface area contributed by atoms with Crippen LogP contribution in [0.1, 0.15) is 18.0 Å². The van der Waals surface area contributed by atoms with Gasteiger partial charge in [-0.2, -0.15) is 0 Å². The number of hydrogen-bond donors (Lipinski definition) is 2. The van der Waals surface area contributed by atoms with Gasteiger partial charge in [-0.05, 0) is 29.8 Å². The standard InChI is InChI=1S/C19H21N3O2/c1-24-15-8-6-13(7-9-15)18-12-20-11-14-10-19(23)21-16-4-2-3-5-17(16)22(14)18/h2-9,14,18,20H,10-12H2,1H3,(H,21,23). The fourth-order valence-electron chi connectivity index (χ4n) is 3.70. The number of carbonyl (C=O) groups is 1. The topological polar surface area (TPSA) is 53.6 Å². The molecular formula is C19H21N3O2. The molecule has 2 heterocycles. The Morgan fingerprint density at radius 3 is 2.67 bits per heavy atom. The highest BCUT2D eigenvalue weighted by Crippen LogP contribution is 2.39. The summed E-state index contributed by atoms with van der Waals surface area (Å²) in [6.45, 7) is 1.67. The molecule has 2 unspecified atom stereocenters. The Bertz CT molecular complexity index is 745. The van der Waals surface area contributed by atoms with Crippen molar-refractivity contribution in [3.05, 3.63) is 54.1 Å². The fraction of sp³-hybridized carbons (Fsp3) is 0.316. The van der Waals surface area contributed by atoms with E-state index >= 15 is 0 Å². The van der Waals surface area contributed by atoms with Gasteiger partial charge in [-0.1, -0.05) is 24.3 Å². The van der Waals surface area contributed by atoms with Gasteiger partial charge in [0.05, 0.1) is 30.6 Å². The molecule has 0 saturated carbocycles. The van der Waals surface area contributed by atoms with Crippen molar-refractivity contribution in [1.82, 2.24) is 5.32 Å². The summed E-state index contributed by atoms with van der Waals surface area (Å²) >= 11 is 0. The molecule has 2 aliphatic heterocycles. The van der Waals surface area contributed by atoms with E-state index in [1.165, 1.54) is 5.56 Å². The zero-order valence-corrected chi connectivity index (χ0v) is 13.7. The van der Waals surface area contributed by atoms with E-state index in [0.717, 1.165) is 30.2 Å². The molecule has 1 amide bonds. The van der Waals surface area contributed by atoms with Crippen LogP contribution in [0.5, 0.6) is 5.75 Å². The van der Waals surface area contributed by atoms with Crippen molar-refractivity contribution >= 4 is 17.3 Å². The number of ether oxygens (including phenoxy) is 1. The monoisotopic (exact) mass is 323 g/mol. The highest BCUT2D eigenvalue weighted by molar-refractivity contribution is 5.97. The molecule has 1 fully saturated rings. The number of rotatable bonds is 2. The second-order valence-electron chi connectivity index (χ2n) is 6.28. The molecule has 0 bridgehead atoms. The van der Waals surface area contributed by atoms with Crippen LogP contribution < -0.4 is 20.3 Å². The number of anilines is 2. The average Bonchev–Trinajstić information content (AvgIpc) is 2.76. The molecule has 2 aromatic carbocycles. The SMILES string of the molecule is COc1ccc(C2CNCC3CC(=O)Nc4ccccc4N32)cc1. The Balaban J connectivity index is 1.77. The van der Waals surface area contributed by atoms with Gasteiger partial charge < -0.3 is 20.3 Å². The molecule has 0 aromatic heterocycles. The number of piperazine rings is 1. The number of nitrogens with zero attached hydrogens (tertiary/aromatic N) is 1. The summed E-state index contributed by atoms with van der Waals surface area (Å²) in [6, 6.07) is 16.6. The second-order valence-corrected chi connectivity index (χ2v) is 6.28. The first-order valence-corrected chi connectivity index (χ1v) is 8.28. The van der Waals surface area contributed by atoms with Crippen molar-refractivity contribution in [2.75, 3.05) is 30.4 Å². The smallest absolute Gasteiger partial charge is 0.226 e. The number of carbonyl (C=O) groups excluding carboxylic acids is 1. The Morgan fingerprint density at radius 2 is 1.88 bits per heavy atom. The van der Waals surface area contributed by atoms with Crippen LogP contribution in [0, 0.1) is 0 Å². The van der Waals surface area contributed by atoms with Crippen LogP contribution in [0.4, 0.5) is 11.4 Å². The first-order chi connectivity index (χ1) is 11.8. The van der Waals surface area contributed by atoms with E-state index < -0.39 is 0 Å². The quantitative estimate of drug-likeness (QED) is 0.892. The highest BCUT2D eigenvalue weighted by atomic mass is 16.5. The first kappa shape index (κ1) is 15.0. The third kappa shape index (κ3) is 2.61. The number of methoxy groups -OCH3 is 1. The van der Waals surface area contributed by atoms with E-state index in [9.17, 15) is 4.79 Å². The molecule has 5 heteroatoms. The maximum atomic E-state index is 12.2. The van der Waals surface area contributed by atoms with Gasteiger partial charge >= 0.3 is 0 Å². The summed E-state index contributed by atoms with van der Waals surface area (Å²) in [7, 11) is 1.68. The predicted octanol–water partition coefficient (Wildman–Crippen LogP) is 2.56. The van der Waals surface area contributed by atoms with E-state index in [1.54, 1.807) is 7.11 Å². The second kappa shape index (κ2) is 6.17. The average molecular weight is 323 g/mol. The zero-order valence-electron chi connectivity index (χ0n) is 13.7. The van der Waals surface area contributed by atoms with Gasteiger partial charge in [0.2, 0.25) is 5.91 Å². The Labute approximate surface area is 141 Å². The molecule has 0 spiro atoms. The number of fused-ring (bicyclic) bond motifs is 3. The lowest BCUT2D eigenvalue weighted by molar-refractivity contribution is -0.116. The van der Waals surface area contributed by atoms with Crippen molar-refractivity contribution in [2.24, 2.45) is 0 Å². The van der Waals surface area contributed by atoms with Gasteiger partial charge in [0.15, 0.2) is 0 Å². The third-order valence-electron chi connectivity index (χ3n) is 4.82. The van der Waals surface area contributed by atoms with Crippen molar-refractivity contribution in [3.8, 4) is 5.75 Å². The van der Waals surface area contributed by atoms with Gasteiger partial charge in [-0.15, -0.1) is 0 Å². The molecule has 4 rings (SSSR count). The van der Waals surface area contributed by atoms with Gasteiger partial charge in [-0.25, -0.2) is 0 Å². The summed E-state index contributed by atoms with van der Waals surface area (Å²) in [4.78, 5) is 14.6. The normalized spacial score (nSPS) is 22.9. The van der Waals surface area contributed by atoms with Crippen molar-refractivity contribution in [3.63, 3.8) is 0 Å². The van der Waals surface area contributed by atoms with E-state index in [2.05, 4.69) is 33.7 Å². The summed E-state index contributed by atoms with van der Waals surface area (Å²) in [5.74, 6) is 0.930. The summed E-state index contributed by atoms with van der Waals surface area (Å²) in [6.07, 6.45) is 0.494. The number of benzene rings is 2. The van der Waals surface area contributed by atoms with E-state index in [0.29, 0.717) is 6.42 Å². The van der Waals surface area contributed by atoms with Gasteiger partial charge in [0.25, 0.3) is 0 Å². The first-order valence-electron chi connectivity index (χ1n) is 8.28. The molecular weight excluding hydrogens is 302 g/mol. The number of para-hydroxylation sites is 2. The Hall–Kier alpha value is -2.53. The van der Waals surface area contributed by atoms with Crippen LogP contribution in [0.15, 0.2) is 48.5 Å². The van der Waals surface area contributed by atoms with Crippen LogP contribution in [0.2, 0.25) is 0 Å². The van der Waals surface area contributed by atoms with Crippen LogP contribution in [-0.2, 0) is 4.79 Å². The van der Waals surface area contributed by atoms with Crippen LogP contribution in [-0.4, -0.2) is 32.1 Å². The summed E-state index contributed by atoms with van der Waals surface area (Å²) < 4.78 is 5.27. The Morgan fingerprint density at radius 1 is 1.08 bits per heavy atom. The van der Waals surface area contributed by atoms with Crippen molar-refractivity contribution < 1.29 is 9.53 Å². The largest absolute Gasteiger partial charge is 0.497 e. The number of nitrogens with one attached hydrogen (secondary N) is 2. The molecule has 2 N–H and O–H groups in total. The maximum Gasteiger partial charge on any atom is 0.226 e. The van der Waals surface area contributed by atoms with Gasteiger partial charge in [-0.3, -0.25) is 4.79 Å². The Kier molecular flexibility index (Phi) is 3.86. The van der Waals surface area contributed by atoms with Crippen LogP contribution >= 0.6 is 0 Å². The zero-order chi connectivity index (χ0) is 16.5. The van der Waals surface area contributed by atoms with Gasteiger partial charge in [0, 0.05) is 19.5 Å². The molecule has 2 aromatic rings. The maximum absolute atomic E-state index is 12.2. The summed E-state index contributed by atoms with van der Waals surface area (Å²) in [5.41, 5.74) is 3.21. The molecule has 5 nitrogen and oxygen atoms in total. The molecule has 0 aliphatic carbocycles. The minimum atomic E-state index is 0.0760. The minimum absolute atomic E-state index is 0.0760. The highest BCUT2D eigenvalue weighted by Gasteiger charge is 2.36.